The van der Waals surface area contributed by atoms with Gasteiger partial charge in [0.05, 0.1) is 11.5 Å². The molecule has 0 bridgehead atoms. The quantitative estimate of drug-likeness (QED) is 0.932. The van der Waals surface area contributed by atoms with Crippen molar-refractivity contribution in [3.63, 3.8) is 0 Å². The van der Waals surface area contributed by atoms with E-state index in [0.717, 1.165) is 12.1 Å². The number of carboxylic acids is 1. The Morgan fingerprint density at radius 3 is 2.71 bits per heavy atom. The van der Waals surface area contributed by atoms with E-state index in [1.165, 1.54) is 5.56 Å². The summed E-state index contributed by atoms with van der Waals surface area (Å²) in [6, 6.07) is 11.4. The lowest BCUT2D eigenvalue weighted by atomic mass is 9.99. The topological polar surface area (TPSA) is 73.7 Å². The van der Waals surface area contributed by atoms with Gasteiger partial charge in [0.15, 0.2) is 0 Å². The summed E-state index contributed by atoms with van der Waals surface area (Å²) in [5.41, 5.74) is 2.65. The van der Waals surface area contributed by atoms with E-state index in [9.17, 15) is 9.59 Å². The second kappa shape index (κ2) is 5.63. The Labute approximate surface area is 139 Å². The summed E-state index contributed by atoms with van der Waals surface area (Å²) in [6.45, 7) is 1.44. The van der Waals surface area contributed by atoms with Crippen LogP contribution in [0, 0.1) is 5.92 Å². The van der Waals surface area contributed by atoms with E-state index < -0.39 is 5.97 Å². The van der Waals surface area contributed by atoms with Gasteiger partial charge >= 0.3 is 5.97 Å². The molecule has 1 aromatic carbocycles. The molecule has 0 aliphatic carbocycles. The molecule has 6 nitrogen and oxygen atoms in total. The minimum atomic E-state index is -0.802. The number of hydrogen-bond acceptors (Lipinski definition) is 4. The summed E-state index contributed by atoms with van der Waals surface area (Å²) in [5.74, 6) is -0.697. The van der Waals surface area contributed by atoms with Gasteiger partial charge in [-0.2, -0.15) is 0 Å². The molecule has 122 valence electrons. The number of pyridine rings is 1. The number of fused-ring (bicyclic) bond motifs is 1. The monoisotopic (exact) mass is 323 g/mol. The Hall–Kier alpha value is -2.89. The Balaban J connectivity index is 1.62. The molecule has 1 amide bonds. The van der Waals surface area contributed by atoms with Gasteiger partial charge in [0.25, 0.3) is 5.91 Å². The van der Waals surface area contributed by atoms with Crippen molar-refractivity contribution in [2.45, 2.75) is 6.42 Å². The van der Waals surface area contributed by atoms with Crippen molar-refractivity contribution in [2.75, 3.05) is 29.4 Å². The number of carbonyl (C=O) groups excluding carboxylic acids is 1. The van der Waals surface area contributed by atoms with Crippen molar-refractivity contribution in [2.24, 2.45) is 5.92 Å². The first-order chi connectivity index (χ1) is 11.6. The van der Waals surface area contributed by atoms with Crippen molar-refractivity contribution in [1.82, 2.24) is 4.98 Å². The first-order valence-corrected chi connectivity index (χ1v) is 7.97. The van der Waals surface area contributed by atoms with Crippen molar-refractivity contribution in [3.05, 3.63) is 53.7 Å². The van der Waals surface area contributed by atoms with Crippen molar-refractivity contribution in [3.8, 4) is 0 Å². The molecule has 2 aliphatic heterocycles. The van der Waals surface area contributed by atoms with Crippen LogP contribution >= 0.6 is 0 Å². The Morgan fingerprint density at radius 1 is 1.12 bits per heavy atom. The number of aromatic nitrogens is 1. The number of nitrogens with zero attached hydrogens (tertiary/aromatic N) is 3. The molecule has 0 unspecified atom stereocenters. The van der Waals surface area contributed by atoms with Crippen LogP contribution in [-0.2, 0) is 11.2 Å². The van der Waals surface area contributed by atoms with Crippen LogP contribution in [0.1, 0.15) is 15.9 Å². The van der Waals surface area contributed by atoms with Gasteiger partial charge in [0.2, 0.25) is 0 Å². The van der Waals surface area contributed by atoms with Crippen molar-refractivity contribution < 1.29 is 14.7 Å². The number of amides is 1. The highest BCUT2D eigenvalue weighted by Gasteiger charge is 2.36. The Bertz CT molecular complexity index is 815. The lowest BCUT2D eigenvalue weighted by Gasteiger charge is -2.38. The molecule has 2 aliphatic rings. The lowest BCUT2D eigenvalue weighted by Crippen LogP contribution is -2.51. The second-order valence-electron chi connectivity index (χ2n) is 6.15. The van der Waals surface area contributed by atoms with Crippen molar-refractivity contribution in [1.29, 1.82) is 0 Å². The molecule has 1 aromatic heterocycles. The van der Waals surface area contributed by atoms with Crippen LogP contribution in [0.4, 0.5) is 11.5 Å². The number of anilines is 2. The number of carboxylic acid groups (broad SMARTS) is 1. The van der Waals surface area contributed by atoms with Crippen LogP contribution in [0.2, 0.25) is 0 Å². The molecule has 4 rings (SSSR count). The number of para-hydroxylation sites is 1. The third-order valence-corrected chi connectivity index (χ3v) is 4.68. The normalized spacial score (nSPS) is 16.7. The number of aliphatic carboxylic acids is 1. The molecule has 6 heteroatoms. The molecule has 3 heterocycles. The smallest absolute Gasteiger partial charge is 0.310 e. The zero-order valence-corrected chi connectivity index (χ0v) is 13.1. The third-order valence-electron chi connectivity index (χ3n) is 4.68. The van der Waals surface area contributed by atoms with Gasteiger partial charge in [-0.1, -0.05) is 18.2 Å². The van der Waals surface area contributed by atoms with E-state index in [4.69, 9.17) is 5.11 Å². The maximum atomic E-state index is 13.0. The molecular formula is C18H17N3O3. The van der Waals surface area contributed by atoms with E-state index in [2.05, 4.69) is 4.98 Å². The van der Waals surface area contributed by atoms with Gasteiger partial charge in [0, 0.05) is 31.5 Å². The van der Waals surface area contributed by atoms with E-state index in [-0.39, 0.29) is 11.8 Å². The number of hydrogen-bond donors (Lipinski definition) is 1. The highest BCUT2D eigenvalue weighted by Crippen LogP contribution is 2.32. The largest absolute Gasteiger partial charge is 0.481 e. The standard InChI is InChI=1S/C18H17N3O3/c22-17(21-9-7-12-4-1-2-6-15(12)21)14-5-3-8-19-16(14)20-10-13(11-20)18(23)24/h1-6,8,13H,7,9-11H2,(H,23,24). The predicted molar refractivity (Wildman–Crippen MR) is 89.4 cm³/mol. The van der Waals surface area contributed by atoms with Crippen LogP contribution in [0.25, 0.3) is 0 Å². The fraction of sp³-hybridized carbons (Fsp3) is 0.278. The van der Waals surface area contributed by atoms with Crippen LogP contribution in [0.3, 0.4) is 0 Å². The molecule has 2 aromatic rings. The Kier molecular flexibility index (Phi) is 3.45. The molecule has 0 radical (unpaired) electrons. The van der Waals surface area contributed by atoms with E-state index in [1.54, 1.807) is 23.2 Å². The Morgan fingerprint density at radius 2 is 1.92 bits per heavy atom. The summed E-state index contributed by atoms with van der Waals surface area (Å²) in [7, 11) is 0. The molecule has 0 atom stereocenters. The van der Waals surface area contributed by atoms with Crippen LogP contribution in [-0.4, -0.2) is 41.6 Å². The number of carbonyl (C=O) groups is 2. The SMILES string of the molecule is O=C(O)C1CN(c2ncccc2C(=O)N2CCc3ccccc32)C1. The first-order valence-electron chi connectivity index (χ1n) is 7.97. The van der Waals surface area contributed by atoms with Gasteiger partial charge in [-0.25, -0.2) is 4.98 Å². The fourth-order valence-electron chi connectivity index (χ4n) is 3.32. The van der Waals surface area contributed by atoms with Gasteiger partial charge in [-0.05, 0) is 30.2 Å². The fourth-order valence-corrected chi connectivity index (χ4v) is 3.32. The van der Waals surface area contributed by atoms with Gasteiger partial charge in [-0.15, -0.1) is 0 Å². The molecule has 1 saturated heterocycles. The summed E-state index contributed by atoms with van der Waals surface area (Å²) in [4.78, 5) is 32.0. The third kappa shape index (κ3) is 2.31. The molecule has 0 spiro atoms. The van der Waals surface area contributed by atoms with Crippen molar-refractivity contribution >= 4 is 23.4 Å². The summed E-state index contributed by atoms with van der Waals surface area (Å²) in [6.07, 6.45) is 2.49. The van der Waals surface area contributed by atoms with Crippen LogP contribution in [0.5, 0.6) is 0 Å². The molecule has 0 saturated carbocycles. The van der Waals surface area contributed by atoms with Gasteiger partial charge < -0.3 is 14.9 Å². The molecule has 1 N–H and O–H groups in total. The maximum absolute atomic E-state index is 13.0. The number of benzene rings is 1. The summed E-state index contributed by atoms with van der Waals surface area (Å²) >= 11 is 0. The predicted octanol–water partition coefficient (Wildman–Crippen LogP) is 1.81. The lowest BCUT2D eigenvalue weighted by molar-refractivity contribution is -0.142. The zero-order chi connectivity index (χ0) is 16.7. The zero-order valence-electron chi connectivity index (χ0n) is 13.1. The molecule has 1 fully saturated rings. The minimum absolute atomic E-state index is 0.0816. The first kappa shape index (κ1) is 14.7. The van der Waals surface area contributed by atoms with Gasteiger partial charge in [0.1, 0.15) is 5.82 Å². The molecular weight excluding hydrogens is 306 g/mol. The number of rotatable bonds is 3. The highest BCUT2D eigenvalue weighted by molar-refractivity contribution is 6.10. The van der Waals surface area contributed by atoms with Gasteiger partial charge in [-0.3, -0.25) is 9.59 Å². The van der Waals surface area contributed by atoms with E-state index in [0.29, 0.717) is 31.0 Å². The average molecular weight is 323 g/mol. The average Bonchev–Trinajstić information content (AvgIpc) is 2.97. The van der Waals surface area contributed by atoms with E-state index >= 15 is 0 Å². The molecule has 24 heavy (non-hydrogen) atoms. The maximum Gasteiger partial charge on any atom is 0.310 e. The van der Waals surface area contributed by atoms with Crippen LogP contribution < -0.4 is 9.80 Å². The highest BCUT2D eigenvalue weighted by atomic mass is 16.4. The van der Waals surface area contributed by atoms with E-state index in [1.807, 2.05) is 29.2 Å². The summed E-state index contributed by atoms with van der Waals surface area (Å²) in [5, 5.41) is 9.04. The minimum Gasteiger partial charge on any atom is -0.481 e. The summed E-state index contributed by atoms with van der Waals surface area (Å²) < 4.78 is 0. The second-order valence-corrected chi connectivity index (χ2v) is 6.15. The van der Waals surface area contributed by atoms with Crippen LogP contribution in [0.15, 0.2) is 42.6 Å².